The molecule has 30 heavy (non-hydrogen) atoms. The smallest absolute Gasteiger partial charge is 0.258 e. The molecular weight excluding hydrogens is 385 g/mol. The summed E-state index contributed by atoms with van der Waals surface area (Å²) in [6, 6.07) is 13.4. The molecule has 154 valence electrons. The quantitative estimate of drug-likeness (QED) is 0.500. The van der Waals surface area contributed by atoms with Crippen LogP contribution in [0.3, 0.4) is 0 Å². The normalized spacial score (nSPS) is 12.5. The molecule has 2 aromatic heterocycles. The number of fused-ring (bicyclic) bond motifs is 1. The van der Waals surface area contributed by atoms with Gasteiger partial charge < -0.3 is 9.40 Å². The van der Waals surface area contributed by atoms with Gasteiger partial charge in [-0.05, 0) is 49.7 Å². The first kappa shape index (κ1) is 19.9. The summed E-state index contributed by atoms with van der Waals surface area (Å²) >= 11 is 0. The van der Waals surface area contributed by atoms with E-state index in [9.17, 15) is 9.18 Å². The van der Waals surface area contributed by atoms with Crippen LogP contribution in [0.15, 0.2) is 57.7 Å². The molecule has 0 aliphatic carbocycles. The number of hydrogen-bond acceptors (Lipinski definition) is 6. The lowest BCUT2D eigenvalue weighted by Crippen LogP contribution is -2.33. The molecule has 0 spiro atoms. The third-order valence-corrected chi connectivity index (χ3v) is 5.13. The Morgan fingerprint density at radius 3 is 2.63 bits per heavy atom. The van der Waals surface area contributed by atoms with Gasteiger partial charge in [0.25, 0.3) is 5.56 Å². The van der Waals surface area contributed by atoms with Crippen LogP contribution in [0, 0.1) is 5.82 Å². The van der Waals surface area contributed by atoms with Gasteiger partial charge in [-0.3, -0.25) is 9.69 Å². The van der Waals surface area contributed by atoms with Crippen molar-refractivity contribution in [2.45, 2.75) is 39.4 Å². The molecule has 7 nitrogen and oxygen atoms in total. The zero-order chi connectivity index (χ0) is 21.1. The van der Waals surface area contributed by atoms with Crippen molar-refractivity contribution in [1.82, 2.24) is 25.1 Å². The number of rotatable bonds is 7. The van der Waals surface area contributed by atoms with Gasteiger partial charge in [-0.1, -0.05) is 19.1 Å². The topological polar surface area (TPSA) is 87.9 Å². The van der Waals surface area contributed by atoms with Crippen LogP contribution < -0.4 is 5.56 Å². The van der Waals surface area contributed by atoms with Crippen molar-refractivity contribution in [2.75, 3.05) is 0 Å². The van der Waals surface area contributed by atoms with Crippen LogP contribution in [0.25, 0.3) is 22.4 Å². The lowest BCUT2D eigenvalue weighted by Gasteiger charge is -2.26. The van der Waals surface area contributed by atoms with Crippen molar-refractivity contribution >= 4 is 10.9 Å². The first-order valence-electron chi connectivity index (χ1n) is 9.83. The monoisotopic (exact) mass is 407 g/mol. The highest BCUT2D eigenvalue weighted by Crippen LogP contribution is 2.20. The molecule has 0 saturated heterocycles. The second-order valence-corrected chi connectivity index (χ2v) is 7.20. The van der Waals surface area contributed by atoms with Gasteiger partial charge in [-0.2, -0.15) is 0 Å². The van der Waals surface area contributed by atoms with E-state index in [2.05, 4.69) is 38.9 Å². The summed E-state index contributed by atoms with van der Waals surface area (Å²) in [5.74, 6) is 1.04. The fourth-order valence-corrected chi connectivity index (χ4v) is 3.23. The third-order valence-electron chi connectivity index (χ3n) is 5.13. The van der Waals surface area contributed by atoms with E-state index < -0.39 is 0 Å². The minimum absolute atomic E-state index is 0.156. The van der Waals surface area contributed by atoms with Gasteiger partial charge in [0.05, 0.1) is 24.0 Å². The average molecular weight is 407 g/mol. The lowest BCUT2D eigenvalue weighted by atomic mass is 10.2. The number of H-pyrrole nitrogens is 1. The van der Waals surface area contributed by atoms with E-state index in [1.54, 1.807) is 18.2 Å². The van der Waals surface area contributed by atoms with Crippen LogP contribution >= 0.6 is 0 Å². The molecule has 2 heterocycles. The number of aromatic amines is 1. The molecule has 1 atom stereocenters. The number of nitrogens with zero attached hydrogens (tertiary/aromatic N) is 4. The Kier molecular flexibility index (Phi) is 5.67. The third kappa shape index (κ3) is 4.28. The number of benzene rings is 2. The lowest BCUT2D eigenvalue weighted by molar-refractivity contribution is 0.165. The van der Waals surface area contributed by atoms with E-state index >= 15 is 0 Å². The van der Waals surface area contributed by atoms with E-state index in [1.165, 1.54) is 12.1 Å². The summed E-state index contributed by atoms with van der Waals surface area (Å²) in [7, 11) is 0. The van der Waals surface area contributed by atoms with E-state index in [0.29, 0.717) is 47.2 Å². The van der Waals surface area contributed by atoms with Crippen molar-refractivity contribution in [3.05, 3.63) is 76.4 Å². The van der Waals surface area contributed by atoms with Gasteiger partial charge in [-0.15, -0.1) is 10.2 Å². The van der Waals surface area contributed by atoms with Gasteiger partial charge in [0.15, 0.2) is 0 Å². The Hall–Kier alpha value is -3.39. The summed E-state index contributed by atoms with van der Waals surface area (Å²) in [4.78, 5) is 22.0. The fraction of sp³-hybridized carbons (Fsp3) is 0.273. The second kappa shape index (κ2) is 8.54. The molecule has 4 aromatic rings. The molecular formula is C22H22FN5O2. The van der Waals surface area contributed by atoms with Gasteiger partial charge in [-0.25, -0.2) is 9.37 Å². The Balaban J connectivity index is 1.57. The van der Waals surface area contributed by atoms with E-state index in [0.717, 1.165) is 6.42 Å². The van der Waals surface area contributed by atoms with Crippen LogP contribution in [-0.2, 0) is 13.1 Å². The molecule has 0 bridgehead atoms. The average Bonchev–Trinajstić information content (AvgIpc) is 3.22. The Morgan fingerprint density at radius 1 is 1.10 bits per heavy atom. The van der Waals surface area contributed by atoms with E-state index in [-0.39, 0.29) is 17.4 Å². The first-order chi connectivity index (χ1) is 14.5. The standard InChI is InChI=1S/C22H22FN5O2/c1-3-14(2)28(12-19-24-18-7-5-4-6-17(18)21(29)25-19)13-20-26-27-22(30-20)15-8-10-16(23)11-9-15/h4-11,14H,3,12-13H2,1-2H3,(H,24,25,29). The Morgan fingerprint density at radius 2 is 1.87 bits per heavy atom. The molecule has 0 aliphatic heterocycles. The number of para-hydroxylation sites is 1. The summed E-state index contributed by atoms with van der Waals surface area (Å²) < 4.78 is 18.9. The van der Waals surface area contributed by atoms with Crippen LogP contribution in [0.1, 0.15) is 32.0 Å². The number of halogens is 1. The first-order valence-corrected chi connectivity index (χ1v) is 9.83. The maximum atomic E-state index is 13.1. The van der Waals surface area contributed by atoms with Gasteiger partial charge >= 0.3 is 0 Å². The van der Waals surface area contributed by atoms with Crippen LogP contribution in [0.5, 0.6) is 0 Å². The van der Waals surface area contributed by atoms with Gasteiger partial charge in [0.1, 0.15) is 11.6 Å². The van der Waals surface area contributed by atoms with Gasteiger partial charge in [0, 0.05) is 11.6 Å². The molecule has 2 aromatic carbocycles. The summed E-state index contributed by atoms with van der Waals surface area (Å²) in [6.45, 7) is 5.02. The van der Waals surface area contributed by atoms with E-state index in [4.69, 9.17) is 4.42 Å². The molecule has 4 rings (SSSR count). The van der Waals surface area contributed by atoms with E-state index in [1.807, 2.05) is 18.2 Å². The largest absolute Gasteiger partial charge is 0.419 e. The SMILES string of the molecule is CCC(C)N(Cc1nc2ccccc2c(=O)[nH]1)Cc1nnc(-c2ccc(F)cc2)o1. The van der Waals surface area contributed by atoms with Crippen molar-refractivity contribution in [1.29, 1.82) is 0 Å². The van der Waals surface area contributed by atoms with Gasteiger partial charge in [0.2, 0.25) is 11.8 Å². The minimum atomic E-state index is -0.321. The number of nitrogens with one attached hydrogen (secondary N) is 1. The molecule has 0 aliphatic rings. The van der Waals surface area contributed by atoms with Crippen molar-refractivity contribution in [3.8, 4) is 11.5 Å². The minimum Gasteiger partial charge on any atom is -0.419 e. The molecule has 0 fully saturated rings. The maximum Gasteiger partial charge on any atom is 0.258 e. The predicted octanol–water partition coefficient (Wildman–Crippen LogP) is 3.91. The summed E-state index contributed by atoms with van der Waals surface area (Å²) in [6.07, 6.45) is 0.900. The highest BCUT2D eigenvalue weighted by Gasteiger charge is 2.19. The number of hydrogen-bond donors (Lipinski definition) is 1. The number of aromatic nitrogens is 4. The molecule has 0 saturated carbocycles. The molecule has 1 unspecified atom stereocenters. The van der Waals surface area contributed by atoms with Crippen LogP contribution in [0.4, 0.5) is 4.39 Å². The zero-order valence-electron chi connectivity index (χ0n) is 16.8. The Bertz CT molecular complexity index is 1200. The molecule has 1 N–H and O–H groups in total. The zero-order valence-corrected chi connectivity index (χ0v) is 16.8. The summed E-state index contributed by atoms with van der Waals surface area (Å²) in [5, 5.41) is 8.78. The van der Waals surface area contributed by atoms with Crippen molar-refractivity contribution in [3.63, 3.8) is 0 Å². The molecule has 8 heteroatoms. The second-order valence-electron chi connectivity index (χ2n) is 7.20. The Labute approximate surface area is 172 Å². The molecule has 0 radical (unpaired) electrons. The predicted molar refractivity (Wildman–Crippen MR) is 111 cm³/mol. The van der Waals surface area contributed by atoms with Crippen LogP contribution in [-0.4, -0.2) is 31.1 Å². The van der Waals surface area contributed by atoms with Crippen molar-refractivity contribution in [2.24, 2.45) is 0 Å². The highest BCUT2D eigenvalue weighted by atomic mass is 19.1. The highest BCUT2D eigenvalue weighted by molar-refractivity contribution is 5.77. The van der Waals surface area contributed by atoms with Crippen molar-refractivity contribution < 1.29 is 8.81 Å². The van der Waals surface area contributed by atoms with Crippen LogP contribution in [0.2, 0.25) is 0 Å². The summed E-state index contributed by atoms with van der Waals surface area (Å²) in [5.41, 5.74) is 1.17. The maximum absolute atomic E-state index is 13.1. The fourth-order valence-electron chi connectivity index (χ4n) is 3.23. The molecule has 0 amide bonds.